The molecule has 1 amide bonds. The molecule has 1 aromatic carbocycles. The lowest BCUT2D eigenvalue weighted by atomic mass is 10.0. The summed E-state index contributed by atoms with van der Waals surface area (Å²) in [6.07, 6.45) is 3.78. The Balaban J connectivity index is 1.73. The van der Waals surface area contributed by atoms with Crippen molar-refractivity contribution in [2.75, 3.05) is 6.61 Å². The van der Waals surface area contributed by atoms with Crippen molar-refractivity contribution < 1.29 is 9.63 Å². The third-order valence-electron chi connectivity index (χ3n) is 3.02. The minimum Gasteiger partial charge on any atom is -0.386 e. The predicted molar refractivity (Wildman–Crippen MR) is 75.2 cm³/mol. The first-order valence-corrected chi connectivity index (χ1v) is 6.70. The Labute approximate surface area is 113 Å². The highest BCUT2D eigenvalue weighted by Crippen LogP contribution is 2.18. The van der Waals surface area contributed by atoms with Crippen molar-refractivity contribution in [1.82, 2.24) is 5.32 Å². The van der Waals surface area contributed by atoms with Crippen molar-refractivity contribution in [3.63, 3.8) is 0 Å². The smallest absolute Gasteiger partial charge is 0.260 e. The van der Waals surface area contributed by atoms with Gasteiger partial charge in [0.05, 0.1) is 6.21 Å². The first-order valence-electron chi connectivity index (χ1n) is 6.70. The van der Waals surface area contributed by atoms with Gasteiger partial charge in [0.25, 0.3) is 5.91 Å². The lowest BCUT2D eigenvalue weighted by Crippen LogP contribution is -2.28. The normalized spacial score (nSPS) is 14.9. The highest BCUT2D eigenvalue weighted by atomic mass is 16.6. The zero-order chi connectivity index (χ0) is 13.7. The molecule has 2 rings (SSSR count). The van der Waals surface area contributed by atoms with Gasteiger partial charge in [-0.3, -0.25) is 4.79 Å². The molecule has 1 N–H and O–H groups in total. The van der Waals surface area contributed by atoms with Crippen molar-refractivity contribution in [3.05, 3.63) is 35.4 Å². The van der Waals surface area contributed by atoms with Crippen molar-refractivity contribution in [3.8, 4) is 0 Å². The van der Waals surface area contributed by atoms with Crippen LogP contribution < -0.4 is 5.32 Å². The molecule has 0 bridgehead atoms. The molecule has 1 aliphatic carbocycles. The number of benzene rings is 1. The van der Waals surface area contributed by atoms with Gasteiger partial charge in [-0.25, -0.2) is 0 Å². The minimum atomic E-state index is -0.102. The topological polar surface area (TPSA) is 50.7 Å². The standard InChI is InChI=1S/C15H20N2O2/c1-11(2)13-5-3-12(4-6-13)9-16-19-10-15(18)17-14-7-8-14/h3-6,9,11,14H,7-8,10H2,1-2H3,(H,17,18)/b16-9+. The van der Waals surface area contributed by atoms with Gasteiger partial charge in [0.1, 0.15) is 0 Å². The first-order chi connectivity index (χ1) is 9.15. The van der Waals surface area contributed by atoms with Crippen LogP contribution in [-0.4, -0.2) is 24.8 Å². The third kappa shape index (κ3) is 4.73. The largest absolute Gasteiger partial charge is 0.386 e. The molecular formula is C15H20N2O2. The third-order valence-corrected chi connectivity index (χ3v) is 3.02. The van der Waals surface area contributed by atoms with Crippen molar-refractivity contribution in [2.24, 2.45) is 5.16 Å². The fourth-order valence-electron chi connectivity index (χ4n) is 1.66. The fourth-order valence-corrected chi connectivity index (χ4v) is 1.66. The molecule has 4 nitrogen and oxygen atoms in total. The van der Waals surface area contributed by atoms with E-state index < -0.39 is 0 Å². The molecule has 1 aromatic rings. The Morgan fingerprint density at radius 1 is 1.42 bits per heavy atom. The number of carbonyl (C=O) groups excluding carboxylic acids is 1. The van der Waals surface area contributed by atoms with Crippen LogP contribution in [0.2, 0.25) is 0 Å². The number of rotatable bonds is 6. The molecule has 0 saturated heterocycles. The lowest BCUT2D eigenvalue weighted by molar-refractivity contribution is -0.125. The van der Waals surface area contributed by atoms with Gasteiger partial charge in [-0.05, 0) is 29.9 Å². The van der Waals surface area contributed by atoms with E-state index in [1.165, 1.54) is 5.56 Å². The molecule has 1 fully saturated rings. The Kier molecular flexibility index (Phi) is 4.55. The molecule has 0 atom stereocenters. The molecule has 102 valence electrons. The average molecular weight is 260 g/mol. The number of carbonyl (C=O) groups is 1. The number of hydrogen-bond donors (Lipinski definition) is 1. The second kappa shape index (κ2) is 6.36. The Hall–Kier alpha value is -1.84. The summed E-state index contributed by atoms with van der Waals surface area (Å²) >= 11 is 0. The molecule has 0 spiro atoms. The maximum Gasteiger partial charge on any atom is 0.260 e. The fraction of sp³-hybridized carbons (Fsp3) is 0.467. The monoisotopic (exact) mass is 260 g/mol. The van der Waals surface area contributed by atoms with Crippen LogP contribution in [0.25, 0.3) is 0 Å². The van der Waals surface area contributed by atoms with Gasteiger partial charge in [-0.15, -0.1) is 0 Å². The Bertz CT molecular complexity index is 448. The van der Waals surface area contributed by atoms with E-state index in [2.05, 4.69) is 36.5 Å². The van der Waals surface area contributed by atoms with E-state index in [4.69, 9.17) is 4.84 Å². The highest BCUT2D eigenvalue weighted by Gasteiger charge is 2.23. The number of amides is 1. The summed E-state index contributed by atoms with van der Waals surface area (Å²) in [6, 6.07) is 8.50. The predicted octanol–water partition coefficient (Wildman–Crippen LogP) is 2.44. The van der Waals surface area contributed by atoms with E-state index >= 15 is 0 Å². The lowest BCUT2D eigenvalue weighted by Gasteiger charge is -2.04. The van der Waals surface area contributed by atoms with Crippen molar-refractivity contribution >= 4 is 12.1 Å². The molecular weight excluding hydrogens is 240 g/mol. The number of oxime groups is 1. The highest BCUT2D eigenvalue weighted by molar-refractivity contribution is 5.80. The van der Waals surface area contributed by atoms with Crippen LogP contribution in [0.3, 0.4) is 0 Å². The van der Waals surface area contributed by atoms with E-state index in [-0.39, 0.29) is 12.5 Å². The van der Waals surface area contributed by atoms with Crippen molar-refractivity contribution in [2.45, 2.75) is 38.6 Å². The van der Waals surface area contributed by atoms with Crippen LogP contribution in [0.4, 0.5) is 0 Å². The van der Waals surface area contributed by atoms with Gasteiger partial charge in [0, 0.05) is 6.04 Å². The van der Waals surface area contributed by atoms with Gasteiger partial charge in [0.2, 0.25) is 0 Å². The van der Waals surface area contributed by atoms with Crippen LogP contribution >= 0.6 is 0 Å². The zero-order valence-corrected chi connectivity index (χ0v) is 11.4. The van der Waals surface area contributed by atoms with Gasteiger partial charge >= 0.3 is 0 Å². The summed E-state index contributed by atoms with van der Waals surface area (Å²) in [5, 5.41) is 6.63. The van der Waals surface area contributed by atoms with E-state index in [1.54, 1.807) is 6.21 Å². The van der Waals surface area contributed by atoms with Crippen molar-refractivity contribution in [1.29, 1.82) is 0 Å². The van der Waals surface area contributed by atoms with E-state index in [0.29, 0.717) is 12.0 Å². The SMILES string of the molecule is CC(C)c1ccc(/C=N/OCC(=O)NC2CC2)cc1. The van der Waals surface area contributed by atoms with Crippen LogP contribution in [0.1, 0.15) is 43.7 Å². The molecule has 0 aliphatic heterocycles. The summed E-state index contributed by atoms with van der Waals surface area (Å²) in [5.74, 6) is 0.420. The van der Waals surface area contributed by atoms with E-state index in [9.17, 15) is 4.79 Å². The van der Waals surface area contributed by atoms with Gasteiger partial charge in [-0.1, -0.05) is 43.3 Å². The summed E-state index contributed by atoms with van der Waals surface area (Å²) in [4.78, 5) is 16.3. The van der Waals surface area contributed by atoms with Crippen LogP contribution in [0, 0.1) is 0 Å². The number of nitrogens with one attached hydrogen (secondary N) is 1. The van der Waals surface area contributed by atoms with Gasteiger partial charge in [-0.2, -0.15) is 0 Å². The van der Waals surface area contributed by atoms with Crippen LogP contribution in [0.15, 0.2) is 29.4 Å². The Morgan fingerprint density at radius 3 is 2.68 bits per heavy atom. The molecule has 0 heterocycles. The Morgan fingerprint density at radius 2 is 2.11 bits per heavy atom. The second-order valence-corrected chi connectivity index (χ2v) is 5.17. The van der Waals surface area contributed by atoms with E-state index in [0.717, 1.165) is 18.4 Å². The molecule has 1 aliphatic rings. The van der Waals surface area contributed by atoms with Gasteiger partial charge in [0.15, 0.2) is 6.61 Å². The second-order valence-electron chi connectivity index (χ2n) is 5.17. The summed E-state index contributed by atoms with van der Waals surface area (Å²) < 4.78 is 0. The van der Waals surface area contributed by atoms with E-state index in [1.807, 2.05) is 12.1 Å². The maximum atomic E-state index is 11.3. The van der Waals surface area contributed by atoms with Gasteiger partial charge < -0.3 is 10.2 Å². The molecule has 0 radical (unpaired) electrons. The van der Waals surface area contributed by atoms with Crippen LogP contribution in [-0.2, 0) is 9.63 Å². The molecule has 0 aromatic heterocycles. The molecule has 0 unspecified atom stereocenters. The average Bonchev–Trinajstić information content (AvgIpc) is 3.19. The first kappa shape index (κ1) is 13.6. The zero-order valence-electron chi connectivity index (χ0n) is 11.4. The minimum absolute atomic E-state index is 0.0168. The summed E-state index contributed by atoms with van der Waals surface area (Å²) in [6.45, 7) is 4.30. The summed E-state index contributed by atoms with van der Waals surface area (Å²) in [5.41, 5.74) is 2.26. The molecule has 19 heavy (non-hydrogen) atoms. The number of nitrogens with zero attached hydrogens (tertiary/aromatic N) is 1. The van der Waals surface area contributed by atoms with Crippen LogP contribution in [0.5, 0.6) is 0 Å². The number of hydrogen-bond acceptors (Lipinski definition) is 3. The summed E-state index contributed by atoms with van der Waals surface area (Å²) in [7, 11) is 0. The molecule has 1 saturated carbocycles. The quantitative estimate of drug-likeness (QED) is 0.631. The molecule has 4 heteroatoms. The maximum absolute atomic E-state index is 11.3.